The van der Waals surface area contributed by atoms with Crippen molar-refractivity contribution in [3.05, 3.63) is 93.7 Å². The van der Waals surface area contributed by atoms with E-state index in [1.165, 1.54) is 18.2 Å². The van der Waals surface area contributed by atoms with E-state index in [4.69, 9.17) is 28.9 Å². The highest BCUT2D eigenvalue weighted by Gasteiger charge is 2.25. The van der Waals surface area contributed by atoms with E-state index in [1.807, 2.05) is 30.3 Å². The van der Waals surface area contributed by atoms with Gasteiger partial charge in [0, 0.05) is 11.6 Å². The van der Waals surface area contributed by atoms with Crippen molar-refractivity contribution in [1.29, 1.82) is 0 Å². The van der Waals surface area contributed by atoms with Crippen molar-refractivity contribution in [3.63, 3.8) is 0 Å². The van der Waals surface area contributed by atoms with Gasteiger partial charge in [-0.15, -0.1) is 0 Å². The second-order valence-corrected chi connectivity index (χ2v) is 8.23. The SMILES string of the molecule is Nc1c(C(=O)NCc2ccc(Cl)cc2)c2nc3ccccc3nc2n1-c1ccc(F)c(Cl)c1. The maximum atomic E-state index is 13.8. The third-order valence-corrected chi connectivity index (χ3v) is 5.79. The third kappa shape index (κ3) is 3.86. The molecule has 5 rings (SSSR count). The Hall–Kier alpha value is -3.68. The summed E-state index contributed by atoms with van der Waals surface area (Å²) in [7, 11) is 0. The van der Waals surface area contributed by atoms with E-state index in [1.54, 1.807) is 22.8 Å². The largest absolute Gasteiger partial charge is 0.384 e. The lowest BCUT2D eigenvalue weighted by atomic mass is 10.2. The molecule has 0 radical (unpaired) electrons. The molecule has 3 aromatic carbocycles. The zero-order chi connectivity index (χ0) is 23.1. The zero-order valence-electron chi connectivity index (χ0n) is 17.0. The van der Waals surface area contributed by atoms with Crippen LogP contribution in [0.3, 0.4) is 0 Å². The van der Waals surface area contributed by atoms with Crippen LogP contribution in [-0.2, 0) is 6.54 Å². The van der Waals surface area contributed by atoms with Gasteiger partial charge in [0.25, 0.3) is 5.91 Å². The summed E-state index contributed by atoms with van der Waals surface area (Å²) in [5, 5.41) is 3.41. The normalized spacial score (nSPS) is 11.2. The van der Waals surface area contributed by atoms with Crippen LogP contribution in [0.5, 0.6) is 0 Å². The number of benzene rings is 3. The molecule has 33 heavy (non-hydrogen) atoms. The van der Waals surface area contributed by atoms with Crippen molar-refractivity contribution in [3.8, 4) is 5.69 Å². The first-order valence-electron chi connectivity index (χ1n) is 9.97. The molecule has 0 atom stereocenters. The monoisotopic (exact) mass is 479 g/mol. The Labute approximate surface area is 197 Å². The number of nitrogen functional groups attached to an aromatic ring is 1. The summed E-state index contributed by atoms with van der Waals surface area (Å²) in [4.78, 5) is 22.6. The molecule has 164 valence electrons. The Bertz CT molecular complexity index is 1530. The molecule has 3 N–H and O–H groups in total. The van der Waals surface area contributed by atoms with Gasteiger partial charge >= 0.3 is 0 Å². The summed E-state index contributed by atoms with van der Waals surface area (Å²) < 4.78 is 15.3. The van der Waals surface area contributed by atoms with Crippen molar-refractivity contribution in [2.24, 2.45) is 0 Å². The Kier molecular flexibility index (Phi) is 5.36. The summed E-state index contributed by atoms with van der Waals surface area (Å²) in [6.07, 6.45) is 0. The van der Waals surface area contributed by atoms with Crippen molar-refractivity contribution < 1.29 is 9.18 Å². The van der Waals surface area contributed by atoms with Crippen molar-refractivity contribution in [2.75, 3.05) is 5.73 Å². The summed E-state index contributed by atoms with van der Waals surface area (Å²) in [6.45, 7) is 0.269. The van der Waals surface area contributed by atoms with Gasteiger partial charge in [-0.3, -0.25) is 9.36 Å². The average Bonchev–Trinajstić information content (AvgIpc) is 3.09. The first-order chi connectivity index (χ1) is 15.9. The van der Waals surface area contributed by atoms with Crippen LogP contribution in [0.15, 0.2) is 66.7 Å². The summed E-state index contributed by atoms with van der Waals surface area (Å²) in [5.74, 6) is -0.853. The van der Waals surface area contributed by atoms with Crippen LogP contribution in [-0.4, -0.2) is 20.4 Å². The fourth-order valence-electron chi connectivity index (χ4n) is 3.64. The minimum Gasteiger partial charge on any atom is -0.384 e. The number of nitrogens with one attached hydrogen (secondary N) is 1. The van der Waals surface area contributed by atoms with Gasteiger partial charge in [-0.2, -0.15) is 0 Å². The molecule has 2 aromatic heterocycles. The second kappa shape index (κ2) is 8.35. The van der Waals surface area contributed by atoms with E-state index in [0.717, 1.165) is 5.56 Å². The molecule has 2 heterocycles. The Morgan fingerprint density at radius 3 is 2.39 bits per heavy atom. The van der Waals surface area contributed by atoms with Crippen LogP contribution in [0, 0.1) is 5.82 Å². The molecule has 6 nitrogen and oxygen atoms in total. The lowest BCUT2D eigenvalue weighted by Gasteiger charge is -2.09. The number of fused-ring (bicyclic) bond motifs is 2. The highest BCUT2D eigenvalue weighted by Crippen LogP contribution is 2.32. The number of nitrogens with two attached hydrogens (primary N) is 1. The molecule has 0 saturated heterocycles. The van der Waals surface area contributed by atoms with Crippen LogP contribution >= 0.6 is 23.2 Å². The summed E-state index contributed by atoms with van der Waals surface area (Å²) >= 11 is 11.9. The van der Waals surface area contributed by atoms with Crippen LogP contribution in [0.1, 0.15) is 15.9 Å². The Balaban J connectivity index is 1.66. The van der Waals surface area contributed by atoms with E-state index >= 15 is 0 Å². The third-order valence-electron chi connectivity index (χ3n) is 5.25. The number of amides is 1. The standard InChI is InChI=1S/C24H16Cl2FN5O/c25-14-7-5-13(6-8-14)12-29-24(33)20-21-23(31-19-4-2-1-3-18(19)30-21)32(22(20)28)15-9-10-17(27)16(26)11-15/h1-11H,12,28H2,(H,29,33). The molecule has 1 amide bonds. The molecule has 0 unspecified atom stereocenters. The van der Waals surface area contributed by atoms with Crippen molar-refractivity contribution >= 4 is 57.1 Å². The number of carbonyl (C=O) groups is 1. The maximum Gasteiger partial charge on any atom is 0.257 e. The number of rotatable bonds is 4. The zero-order valence-corrected chi connectivity index (χ0v) is 18.5. The van der Waals surface area contributed by atoms with E-state index in [9.17, 15) is 9.18 Å². The molecular weight excluding hydrogens is 464 g/mol. The Morgan fingerprint density at radius 1 is 1.00 bits per heavy atom. The fraction of sp³-hybridized carbons (Fsp3) is 0.0417. The minimum atomic E-state index is -0.562. The lowest BCUT2D eigenvalue weighted by molar-refractivity contribution is 0.0953. The maximum absolute atomic E-state index is 13.8. The smallest absolute Gasteiger partial charge is 0.257 e. The van der Waals surface area contributed by atoms with Crippen LogP contribution in [0.25, 0.3) is 27.9 Å². The van der Waals surface area contributed by atoms with Crippen molar-refractivity contribution in [1.82, 2.24) is 19.9 Å². The molecular formula is C24H16Cl2FN5O. The van der Waals surface area contributed by atoms with Gasteiger partial charge in [-0.05, 0) is 48.0 Å². The van der Waals surface area contributed by atoms with Crippen LogP contribution in [0.2, 0.25) is 10.0 Å². The average molecular weight is 480 g/mol. The second-order valence-electron chi connectivity index (χ2n) is 7.39. The molecule has 0 fully saturated rings. The predicted molar refractivity (Wildman–Crippen MR) is 128 cm³/mol. The number of para-hydroxylation sites is 2. The summed E-state index contributed by atoms with van der Waals surface area (Å²) in [5.41, 5.74) is 9.92. The van der Waals surface area contributed by atoms with Gasteiger partial charge in [0.2, 0.25) is 0 Å². The fourth-order valence-corrected chi connectivity index (χ4v) is 3.94. The first kappa shape index (κ1) is 21.2. The molecule has 0 saturated carbocycles. The number of halogens is 3. The number of hydrogen-bond acceptors (Lipinski definition) is 4. The molecule has 5 aromatic rings. The minimum absolute atomic E-state index is 0.0729. The van der Waals surface area contributed by atoms with Gasteiger partial charge < -0.3 is 11.1 Å². The van der Waals surface area contributed by atoms with E-state index in [-0.39, 0.29) is 22.9 Å². The molecule has 0 aliphatic carbocycles. The van der Waals surface area contributed by atoms with E-state index < -0.39 is 11.7 Å². The predicted octanol–water partition coefficient (Wildman–Crippen LogP) is 5.53. The number of anilines is 1. The Morgan fingerprint density at radius 2 is 1.70 bits per heavy atom. The highest BCUT2D eigenvalue weighted by atomic mass is 35.5. The molecule has 9 heteroatoms. The lowest BCUT2D eigenvalue weighted by Crippen LogP contribution is -2.24. The van der Waals surface area contributed by atoms with Gasteiger partial charge in [0.05, 0.1) is 21.7 Å². The number of nitrogens with zero attached hydrogens (tertiary/aromatic N) is 3. The highest BCUT2D eigenvalue weighted by molar-refractivity contribution is 6.31. The topological polar surface area (TPSA) is 85.8 Å². The number of aromatic nitrogens is 3. The van der Waals surface area contributed by atoms with Crippen LogP contribution in [0.4, 0.5) is 10.2 Å². The number of carbonyl (C=O) groups excluding carboxylic acids is 1. The van der Waals surface area contributed by atoms with Crippen LogP contribution < -0.4 is 11.1 Å². The molecule has 0 aliphatic rings. The molecule has 0 spiro atoms. The van der Waals surface area contributed by atoms with E-state index in [2.05, 4.69) is 15.3 Å². The molecule has 0 aliphatic heterocycles. The summed E-state index contributed by atoms with van der Waals surface area (Å²) in [6, 6.07) is 18.6. The van der Waals surface area contributed by atoms with Gasteiger partial charge in [-0.25, -0.2) is 14.4 Å². The van der Waals surface area contributed by atoms with Gasteiger partial charge in [0.1, 0.15) is 22.7 Å². The van der Waals surface area contributed by atoms with Gasteiger partial charge in [-0.1, -0.05) is 47.5 Å². The quantitative estimate of drug-likeness (QED) is 0.354. The van der Waals surface area contributed by atoms with E-state index in [0.29, 0.717) is 32.9 Å². The number of hydrogen-bond donors (Lipinski definition) is 2. The molecule has 0 bridgehead atoms. The van der Waals surface area contributed by atoms with Gasteiger partial charge in [0.15, 0.2) is 5.65 Å². The van der Waals surface area contributed by atoms with Crippen molar-refractivity contribution in [2.45, 2.75) is 6.54 Å². The first-order valence-corrected chi connectivity index (χ1v) is 10.7.